The molecule has 0 rings (SSSR count). The van der Waals surface area contributed by atoms with Crippen LogP contribution in [0, 0.1) is 0 Å². The molecule has 0 heterocycles. The van der Waals surface area contributed by atoms with Gasteiger partial charge in [0.25, 0.3) is 0 Å². The normalized spacial score (nSPS) is 8.43. The second kappa shape index (κ2) is 5.71. The zero-order chi connectivity index (χ0) is 4.50. The van der Waals surface area contributed by atoms with E-state index in [2.05, 4.69) is 0 Å². The molecule has 0 atom stereocenters. The van der Waals surface area contributed by atoms with Crippen molar-refractivity contribution in [3.8, 4) is 0 Å². The van der Waals surface area contributed by atoms with Gasteiger partial charge in [-0.1, -0.05) is 0 Å². The topological polar surface area (TPSA) is 63.2 Å². The summed E-state index contributed by atoms with van der Waals surface area (Å²) in [4.78, 5) is 16.9. The third-order valence-corrected chi connectivity index (χ3v) is 0. The maximum atomic E-state index is 10.1. The van der Waals surface area contributed by atoms with Gasteiger partial charge >= 0.3 is 46.0 Å². The second-order valence-corrected chi connectivity index (χ2v) is 1.29. The second-order valence-electron chi connectivity index (χ2n) is 0.431. The average molecular weight is 180 g/mol. The van der Waals surface area contributed by atoms with Crippen LogP contribution in [0.4, 0.5) is 4.20 Å². The van der Waals surface area contributed by atoms with Crippen LogP contribution < -0.4 is 39.3 Å². The molecule has 0 aliphatic rings. The molecule has 0 saturated carbocycles. The number of halogens is 1. The Labute approximate surface area is 72.2 Å². The molecular weight excluding hydrogens is 180 g/mol. The number of rotatable bonds is 0. The third-order valence-electron chi connectivity index (χ3n) is 0. The van der Waals surface area contributed by atoms with Gasteiger partial charge in [0.1, 0.15) is 7.91 Å². The summed E-state index contributed by atoms with van der Waals surface area (Å²) in [6, 6.07) is 0. The molecule has 0 spiro atoms. The van der Waals surface area contributed by atoms with E-state index in [1.54, 1.807) is 0 Å². The molecule has 0 aromatic carbocycles. The van der Waals surface area contributed by atoms with Crippen molar-refractivity contribution in [2.45, 2.75) is 0 Å². The zero-order valence-electron chi connectivity index (χ0n) is 3.37. The molecule has 0 aromatic heterocycles. The standard InChI is InChI=1S/FH2O3P.Na.Ni/c1-5(2,3)4;;/h(H2,2,3,4);;/q;+1;+2/p-2. The Morgan fingerprint density at radius 1 is 1.43 bits per heavy atom. The first-order valence-electron chi connectivity index (χ1n) is 0.717. The molecule has 0 amide bonds. The van der Waals surface area contributed by atoms with Crippen molar-refractivity contribution < 1.29 is 64.6 Å². The summed E-state index contributed by atoms with van der Waals surface area (Å²) in [5, 5.41) is 0. The van der Waals surface area contributed by atoms with E-state index in [9.17, 15) is 4.20 Å². The van der Waals surface area contributed by atoms with E-state index in [0.29, 0.717) is 0 Å². The predicted octanol–water partition coefficient (Wildman–Crippen LogP) is -4.21. The van der Waals surface area contributed by atoms with Gasteiger partial charge in [-0.15, -0.1) is 0 Å². The van der Waals surface area contributed by atoms with Crippen molar-refractivity contribution in [3.05, 3.63) is 0 Å². The molecule has 0 bridgehead atoms. The molecule has 0 radical (unpaired) electrons. The molecule has 7 heavy (non-hydrogen) atoms. The predicted molar refractivity (Wildman–Crippen MR) is 8.71 cm³/mol. The monoisotopic (exact) mass is 179 g/mol. The van der Waals surface area contributed by atoms with Gasteiger partial charge in [-0.2, -0.15) is 0 Å². The van der Waals surface area contributed by atoms with Crippen LogP contribution >= 0.6 is 7.91 Å². The third kappa shape index (κ3) is 95.0. The zero-order valence-corrected chi connectivity index (χ0v) is 7.25. The van der Waals surface area contributed by atoms with Crippen LogP contribution in [0.2, 0.25) is 0 Å². The SMILES string of the molecule is O=P([O-])([O-])F.[Na+].[Ni+2]. The first kappa shape index (κ1) is 15.8. The van der Waals surface area contributed by atoms with Crippen LogP contribution in [0.5, 0.6) is 0 Å². The Morgan fingerprint density at radius 2 is 1.43 bits per heavy atom. The van der Waals surface area contributed by atoms with Gasteiger partial charge in [-0.25, -0.2) is 4.20 Å². The summed E-state index contributed by atoms with van der Waals surface area (Å²) in [7, 11) is -5.64. The van der Waals surface area contributed by atoms with Crippen LogP contribution in [0.3, 0.4) is 0 Å². The molecule has 0 saturated heterocycles. The van der Waals surface area contributed by atoms with Gasteiger partial charge in [-0.3, -0.25) is 0 Å². The van der Waals surface area contributed by atoms with Crippen LogP contribution in [0.1, 0.15) is 0 Å². The minimum absolute atomic E-state index is 0. The van der Waals surface area contributed by atoms with Gasteiger partial charge in [0.05, 0.1) is 0 Å². The molecule has 0 fully saturated rings. The molecule has 0 aliphatic heterocycles. The Hall–Kier alpha value is 1.57. The van der Waals surface area contributed by atoms with E-state index < -0.39 is 7.91 Å². The van der Waals surface area contributed by atoms with E-state index in [1.807, 2.05) is 0 Å². The number of hydrogen-bond acceptors (Lipinski definition) is 3. The Kier molecular flexibility index (Phi) is 12.9. The summed E-state index contributed by atoms with van der Waals surface area (Å²) in [6.45, 7) is 0. The van der Waals surface area contributed by atoms with Crippen molar-refractivity contribution in [2.24, 2.45) is 0 Å². The van der Waals surface area contributed by atoms with Crippen molar-refractivity contribution in [3.63, 3.8) is 0 Å². The quantitative estimate of drug-likeness (QED) is 0.280. The molecule has 0 aliphatic carbocycles. The maximum Gasteiger partial charge on any atom is 2.00 e. The summed E-state index contributed by atoms with van der Waals surface area (Å²) in [6.07, 6.45) is 0. The first-order chi connectivity index (χ1) is 2.00. The van der Waals surface area contributed by atoms with E-state index in [4.69, 9.17) is 14.4 Å². The van der Waals surface area contributed by atoms with Gasteiger partial charge in [0.15, 0.2) is 0 Å². The summed E-state index contributed by atoms with van der Waals surface area (Å²) < 4.78 is 18.6. The first-order valence-corrected chi connectivity index (χ1v) is 2.15. The van der Waals surface area contributed by atoms with Crippen molar-refractivity contribution in [1.82, 2.24) is 0 Å². The average Bonchev–Trinajstić information content (AvgIpc) is 0.722. The van der Waals surface area contributed by atoms with E-state index in [-0.39, 0.29) is 46.0 Å². The smallest absolute Gasteiger partial charge is 0.786 e. The van der Waals surface area contributed by atoms with Crippen LogP contribution in [0.15, 0.2) is 0 Å². The van der Waals surface area contributed by atoms with Crippen LogP contribution in [-0.4, -0.2) is 0 Å². The van der Waals surface area contributed by atoms with E-state index in [1.165, 1.54) is 0 Å². The van der Waals surface area contributed by atoms with Crippen molar-refractivity contribution >= 4 is 7.91 Å². The van der Waals surface area contributed by atoms with Crippen molar-refractivity contribution in [1.29, 1.82) is 0 Å². The number of hydrogen-bond donors (Lipinski definition) is 0. The Balaban J connectivity index is -0.0000000800. The molecule has 0 N–H and O–H groups in total. The fraction of sp³-hybridized carbons (Fsp3) is 0. The maximum absolute atomic E-state index is 10.1. The molecule has 40 valence electrons. The minimum atomic E-state index is -5.64. The van der Waals surface area contributed by atoms with Gasteiger partial charge in [0, 0.05) is 0 Å². The Morgan fingerprint density at radius 3 is 1.43 bits per heavy atom. The fourth-order valence-electron chi connectivity index (χ4n) is 0. The Bertz CT molecular complexity index is 61.1. The summed E-state index contributed by atoms with van der Waals surface area (Å²) in [5.74, 6) is 0. The van der Waals surface area contributed by atoms with Crippen LogP contribution in [0.25, 0.3) is 0 Å². The van der Waals surface area contributed by atoms with Crippen LogP contribution in [-0.2, 0) is 21.1 Å². The molecule has 0 aromatic rings. The van der Waals surface area contributed by atoms with Gasteiger partial charge in [0.2, 0.25) is 0 Å². The summed E-state index contributed by atoms with van der Waals surface area (Å²) in [5.41, 5.74) is 0. The van der Waals surface area contributed by atoms with E-state index in [0.717, 1.165) is 0 Å². The summed E-state index contributed by atoms with van der Waals surface area (Å²) >= 11 is 0. The molecule has 0 unspecified atom stereocenters. The largest absolute Gasteiger partial charge is 2.00 e. The van der Waals surface area contributed by atoms with Gasteiger partial charge < -0.3 is 14.4 Å². The fourth-order valence-corrected chi connectivity index (χ4v) is 0. The molecule has 3 nitrogen and oxygen atoms in total. The molecular formula is FNaNiO3P+. The molecule has 7 heteroatoms. The van der Waals surface area contributed by atoms with Gasteiger partial charge in [-0.05, 0) is 0 Å². The van der Waals surface area contributed by atoms with E-state index >= 15 is 0 Å². The van der Waals surface area contributed by atoms with Crippen molar-refractivity contribution in [2.75, 3.05) is 0 Å². The minimum Gasteiger partial charge on any atom is -0.786 e.